The highest BCUT2D eigenvalue weighted by Gasteiger charge is 2.50. The van der Waals surface area contributed by atoms with Crippen LogP contribution in [-0.2, 0) is 16.1 Å². The van der Waals surface area contributed by atoms with Gasteiger partial charge in [0, 0.05) is 18.9 Å². The van der Waals surface area contributed by atoms with Crippen molar-refractivity contribution in [3.05, 3.63) is 30.1 Å². The number of hydrogen-bond acceptors (Lipinski definition) is 3. The van der Waals surface area contributed by atoms with Crippen LogP contribution in [0.4, 0.5) is 0 Å². The fourth-order valence-corrected chi connectivity index (χ4v) is 3.20. The van der Waals surface area contributed by atoms with Gasteiger partial charge in [-0.3, -0.25) is 14.6 Å². The number of aromatic nitrogens is 1. The number of carbonyl (C=O) groups is 2. The van der Waals surface area contributed by atoms with Crippen LogP contribution in [0.25, 0.3) is 0 Å². The summed E-state index contributed by atoms with van der Waals surface area (Å²) in [4.78, 5) is 30.7. The van der Waals surface area contributed by atoms with Crippen LogP contribution in [0.5, 0.6) is 0 Å². The van der Waals surface area contributed by atoms with E-state index in [2.05, 4.69) is 10.3 Å². The van der Waals surface area contributed by atoms with Gasteiger partial charge in [0.05, 0.1) is 0 Å². The zero-order valence-corrected chi connectivity index (χ0v) is 11.6. The summed E-state index contributed by atoms with van der Waals surface area (Å²) in [6, 6.07) is 3.35. The summed E-state index contributed by atoms with van der Waals surface area (Å²) in [7, 11) is 0. The topological polar surface area (TPSA) is 62.3 Å². The van der Waals surface area contributed by atoms with Crippen LogP contribution in [0.2, 0.25) is 0 Å². The van der Waals surface area contributed by atoms with Crippen molar-refractivity contribution in [3.63, 3.8) is 0 Å². The molecule has 20 heavy (non-hydrogen) atoms. The van der Waals surface area contributed by atoms with Gasteiger partial charge < -0.3 is 10.2 Å². The van der Waals surface area contributed by atoms with E-state index in [1.54, 1.807) is 24.2 Å². The third-order valence-corrected chi connectivity index (χ3v) is 4.44. The molecule has 1 atom stereocenters. The maximum Gasteiger partial charge on any atom is 0.249 e. The summed E-state index contributed by atoms with van der Waals surface area (Å²) in [5.74, 6) is 0.0273. The Hall–Kier alpha value is -1.91. The molecule has 1 spiro atoms. The molecule has 0 radical (unpaired) electrons. The summed E-state index contributed by atoms with van der Waals surface area (Å²) < 4.78 is 0. The lowest BCUT2D eigenvalue weighted by atomic mass is 9.91. The molecule has 1 aromatic rings. The summed E-state index contributed by atoms with van der Waals surface area (Å²) in [5, 5.41) is 2.96. The molecule has 1 aliphatic heterocycles. The second kappa shape index (κ2) is 4.89. The van der Waals surface area contributed by atoms with Gasteiger partial charge in [-0.2, -0.15) is 0 Å². The molecular formula is C15H19N3O2. The van der Waals surface area contributed by atoms with E-state index in [0.29, 0.717) is 6.54 Å². The van der Waals surface area contributed by atoms with Crippen LogP contribution in [0.3, 0.4) is 0 Å². The first kappa shape index (κ1) is 13.1. The van der Waals surface area contributed by atoms with Gasteiger partial charge in [-0.25, -0.2) is 0 Å². The highest BCUT2D eigenvalue weighted by Crippen LogP contribution is 2.35. The van der Waals surface area contributed by atoms with Gasteiger partial charge in [0.25, 0.3) is 0 Å². The van der Waals surface area contributed by atoms with Crippen molar-refractivity contribution in [2.75, 3.05) is 0 Å². The third kappa shape index (κ3) is 2.07. The quantitative estimate of drug-likeness (QED) is 0.882. The van der Waals surface area contributed by atoms with Gasteiger partial charge in [-0.15, -0.1) is 0 Å². The van der Waals surface area contributed by atoms with E-state index in [1.807, 2.05) is 12.1 Å². The highest BCUT2D eigenvalue weighted by atomic mass is 16.2. The summed E-state index contributed by atoms with van der Waals surface area (Å²) >= 11 is 0. The van der Waals surface area contributed by atoms with Crippen LogP contribution in [0, 0.1) is 0 Å². The molecule has 2 aliphatic rings. The van der Waals surface area contributed by atoms with Crippen LogP contribution < -0.4 is 5.32 Å². The molecule has 5 heteroatoms. The molecule has 0 bridgehead atoms. The molecule has 1 N–H and O–H groups in total. The minimum atomic E-state index is -0.642. The Morgan fingerprint density at radius 1 is 1.30 bits per heavy atom. The molecule has 5 nitrogen and oxygen atoms in total. The molecule has 1 saturated carbocycles. The molecule has 1 aromatic heterocycles. The second-order valence-electron chi connectivity index (χ2n) is 5.74. The number of nitrogens with zero attached hydrogens (tertiary/aromatic N) is 2. The zero-order chi connectivity index (χ0) is 14.2. The molecule has 1 saturated heterocycles. The molecule has 3 rings (SSSR count). The lowest BCUT2D eigenvalue weighted by Crippen LogP contribution is -2.68. The lowest BCUT2D eigenvalue weighted by molar-refractivity contribution is -0.154. The standard InChI is InChI=1S/C15H19N3O2/c1-11-13(19)17-15(6-2-3-7-15)14(20)18(11)10-12-4-8-16-9-5-12/h4-5,8-9,11H,2-3,6-7,10H2,1H3,(H,17,19). The van der Waals surface area contributed by atoms with E-state index in [4.69, 9.17) is 0 Å². The van der Waals surface area contributed by atoms with Crippen molar-refractivity contribution in [1.82, 2.24) is 15.2 Å². The van der Waals surface area contributed by atoms with Gasteiger partial charge in [0.15, 0.2) is 0 Å². The van der Waals surface area contributed by atoms with Gasteiger partial charge in [-0.05, 0) is 37.5 Å². The van der Waals surface area contributed by atoms with Crippen LogP contribution >= 0.6 is 0 Å². The van der Waals surface area contributed by atoms with Crippen LogP contribution in [0.1, 0.15) is 38.2 Å². The summed E-state index contributed by atoms with van der Waals surface area (Å²) in [6.45, 7) is 2.26. The van der Waals surface area contributed by atoms with Gasteiger partial charge >= 0.3 is 0 Å². The van der Waals surface area contributed by atoms with Gasteiger partial charge in [0.2, 0.25) is 11.8 Å². The Labute approximate surface area is 118 Å². The van der Waals surface area contributed by atoms with E-state index in [9.17, 15) is 9.59 Å². The smallest absolute Gasteiger partial charge is 0.249 e. The Balaban J connectivity index is 1.87. The Bertz CT molecular complexity index is 523. The van der Waals surface area contributed by atoms with Crippen molar-refractivity contribution in [1.29, 1.82) is 0 Å². The monoisotopic (exact) mass is 273 g/mol. The predicted octanol–water partition coefficient (Wildman–Crippen LogP) is 1.24. The predicted molar refractivity (Wildman–Crippen MR) is 73.6 cm³/mol. The number of rotatable bonds is 2. The minimum Gasteiger partial charge on any atom is -0.340 e. The molecular weight excluding hydrogens is 254 g/mol. The minimum absolute atomic E-state index is 0.0412. The lowest BCUT2D eigenvalue weighted by Gasteiger charge is -2.43. The zero-order valence-electron chi connectivity index (χ0n) is 11.6. The number of pyridine rings is 1. The first-order valence-corrected chi connectivity index (χ1v) is 7.14. The maximum absolute atomic E-state index is 12.8. The SMILES string of the molecule is CC1C(=O)NC2(CCCC2)C(=O)N1Cc1ccncc1. The van der Waals surface area contributed by atoms with Crippen molar-refractivity contribution >= 4 is 11.8 Å². The molecule has 0 aromatic carbocycles. The van der Waals surface area contributed by atoms with Crippen molar-refractivity contribution in [3.8, 4) is 0 Å². The van der Waals surface area contributed by atoms with Crippen LogP contribution in [-0.4, -0.2) is 33.3 Å². The average molecular weight is 273 g/mol. The van der Waals surface area contributed by atoms with Crippen molar-refractivity contribution in [2.24, 2.45) is 0 Å². The molecule has 1 aliphatic carbocycles. The normalized spacial score (nSPS) is 25.1. The Morgan fingerprint density at radius 3 is 2.60 bits per heavy atom. The van der Waals surface area contributed by atoms with E-state index in [1.165, 1.54) is 0 Å². The number of carbonyl (C=O) groups excluding carboxylic acids is 2. The van der Waals surface area contributed by atoms with Crippen molar-refractivity contribution < 1.29 is 9.59 Å². The molecule has 2 heterocycles. The Morgan fingerprint density at radius 2 is 1.95 bits per heavy atom. The number of nitrogens with one attached hydrogen (secondary N) is 1. The maximum atomic E-state index is 12.8. The summed E-state index contributed by atoms with van der Waals surface area (Å²) in [5.41, 5.74) is 0.361. The van der Waals surface area contributed by atoms with Gasteiger partial charge in [-0.1, -0.05) is 12.8 Å². The molecule has 2 amide bonds. The van der Waals surface area contributed by atoms with E-state index >= 15 is 0 Å². The second-order valence-corrected chi connectivity index (χ2v) is 5.74. The van der Waals surface area contributed by atoms with Gasteiger partial charge in [0.1, 0.15) is 11.6 Å². The number of amides is 2. The first-order valence-electron chi connectivity index (χ1n) is 7.14. The fourth-order valence-electron chi connectivity index (χ4n) is 3.20. The average Bonchev–Trinajstić information content (AvgIpc) is 2.92. The molecule has 1 unspecified atom stereocenters. The first-order chi connectivity index (χ1) is 9.62. The van der Waals surface area contributed by atoms with Crippen molar-refractivity contribution in [2.45, 2.75) is 50.7 Å². The number of hydrogen-bond donors (Lipinski definition) is 1. The molecule has 2 fully saturated rings. The van der Waals surface area contributed by atoms with E-state index in [0.717, 1.165) is 31.2 Å². The Kier molecular flexibility index (Phi) is 3.20. The largest absolute Gasteiger partial charge is 0.340 e. The fraction of sp³-hybridized carbons (Fsp3) is 0.533. The highest BCUT2D eigenvalue weighted by molar-refractivity contribution is 5.99. The van der Waals surface area contributed by atoms with Crippen LogP contribution in [0.15, 0.2) is 24.5 Å². The summed E-state index contributed by atoms with van der Waals surface area (Å²) in [6.07, 6.45) is 6.95. The van der Waals surface area contributed by atoms with E-state index in [-0.39, 0.29) is 11.8 Å². The third-order valence-electron chi connectivity index (χ3n) is 4.44. The number of piperazine rings is 1. The molecule has 106 valence electrons. The van der Waals surface area contributed by atoms with E-state index < -0.39 is 11.6 Å².